The highest BCUT2D eigenvalue weighted by Crippen LogP contribution is 2.31. The highest BCUT2D eigenvalue weighted by Gasteiger charge is 2.49. The van der Waals surface area contributed by atoms with Gasteiger partial charge in [0.2, 0.25) is 5.91 Å². The number of hydrogen-bond donors (Lipinski definition) is 2. The predicted molar refractivity (Wildman–Crippen MR) is 63.0 cm³/mol. The fourth-order valence-corrected chi connectivity index (χ4v) is 2.16. The minimum atomic E-state index is -4.58. The summed E-state index contributed by atoms with van der Waals surface area (Å²) in [6.07, 6.45) is -3.68. The first-order valence-electron chi connectivity index (χ1n) is 6.06. The van der Waals surface area contributed by atoms with Gasteiger partial charge in [-0.05, 0) is 19.4 Å². The summed E-state index contributed by atoms with van der Waals surface area (Å²) in [5.74, 6) is -2.02. The summed E-state index contributed by atoms with van der Waals surface area (Å²) in [5, 5.41) is 11.5. The topological polar surface area (TPSA) is 92.2 Å². The molecular formula is C12H12F3N3O3. The lowest BCUT2D eigenvalue weighted by Gasteiger charge is -2.14. The second-order valence-electron chi connectivity index (χ2n) is 5.07. The molecule has 21 heavy (non-hydrogen) atoms. The van der Waals surface area contributed by atoms with Crippen molar-refractivity contribution >= 4 is 11.9 Å². The minimum absolute atomic E-state index is 0.0270. The number of nitrogens with zero attached hydrogens (tertiary/aromatic N) is 2. The van der Waals surface area contributed by atoms with Crippen molar-refractivity contribution in [1.29, 1.82) is 0 Å². The number of aromatic nitrogens is 2. The molecule has 1 aromatic rings. The third-order valence-electron chi connectivity index (χ3n) is 3.39. The Hall–Kier alpha value is -2.19. The van der Waals surface area contributed by atoms with E-state index in [0.717, 1.165) is 12.3 Å². The van der Waals surface area contributed by atoms with E-state index in [1.54, 1.807) is 0 Å². The molecule has 1 aliphatic heterocycles. The third kappa shape index (κ3) is 2.96. The average Bonchev–Trinajstić information content (AvgIpc) is 2.65. The van der Waals surface area contributed by atoms with E-state index >= 15 is 0 Å². The fraction of sp³-hybridized carbons (Fsp3) is 0.500. The number of alkyl halides is 3. The summed E-state index contributed by atoms with van der Waals surface area (Å²) in [5.41, 5.74) is -2.65. The SMILES string of the molecule is CC1(C(=O)O)CC(Cc2nccc(C(F)(F)F)n2)NC1=O. The molecule has 6 nitrogen and oxygen atoms in total. The van der Waals surface area contributed by atoms with Crippen molar-refractivity contribution < 1.29 is 27.9 Å². The monoisotopic (exact) mass is 303 g/mol. The molecule has 0 bridgehead atoms. The first-order valence-corrected chi connectivity index (χ1v) is 6.06. The number of carboxylic acid groups (broad SMARTS) is 1. The molecule has 114 valence electrons. The van der Waals surface area contributed by atoms with Gasteiger partial charge in [0.1, 0.15) is 16.9 Å². The molecule has 1 aromatic heterocycles. The summed E-state index contributed by atoms with van der Waals surface area (Å²) < 4.78 is 37.6. The molecule has 2 unspecified atom stereocenters. The molecule has 1 amide bonds. The van der Waals surface area contributed by atoms with Crippen LogP contribution in [-0.2, 0) is 22.2 Å². The minimum Gasteiger partial charge on any atom is -0.480 e. The Morgan fingerprint density at radius 3 is 2.76 bits per heavy atom. The molecule has 2 heterocycles. The van der Waals surface area contributed by atoms with Crippen LogP contribution in [0.5, 0.6) is 0 Å². The summed E-state index contributed by atoms with van der Waals surface area (Å²) in [6.45, 7) is 1.28. The molecule has 2 N–H and O–H groups in total. The molecule has 0 radical (unpaired) electrons. The van der Waals surface area contributed by atoms with Crippen molar-refractivity contribution in [3.63, 3.8) is 0 Å². The Morgan fingerprint density at radius 1 is 1.57 bits per heavy atom. The number of aliphatic carboxylic acids is 1. The van der Waals surface area contributed by atoms with Gasteiger partial charge >= 0.3 is 12.1 Å². The van der Waals surface area contributed by atoms with E-state index < -0.39 is 35.2 Å². The lowest BCUT2D eigenvalue weighted by atomic mass is 9.86. The number of amides is 1. The van der Waals surface area contributed by atoms with E-state index in [0.29, 0.717) is 0 Å². The number of rotatable bonds is 3. The van der Waals surface area contributed by atoms with Crippen LogP contribution in [0.15, 0.2) is 12.3 Å². The number of nitrogens with one attached hydrogen (secondary N) is 1. The van der Waals surface area contributed by atoms with Crippen molar-refractivity contribution in [3.8, 4) is 0 Å². The molecule has 0 saturated carbocycles. The summed E-state index contributed by atoms with van der Waals surface area (Å²) >= 11 is 0. The van der Waals surface area contributed by atoms with Crippen molar-refractivity contribution in [2.45, 2.75) is 32.0 Å². The van der Waals surface area contributed by atoms with Gasteiger partial charge in [-0.3, -0.25) is 9.59 Å². The third-order valence-corrected chi connectivity index (χ3v) is 3.39. The van der Waals surface area contributed by atoms with E-state index in [9.17, 15) is 22.8 Å². The van der Waals surface area contributed by atoms with Crippen LogP contribution < -0.4 is 5.32 Å². The Labute approximate surface area is 117 Å². The van der Waals surface area contributed by atoms with Crippen molar-refractivity contribution in [3.05, 3.63) is 23.8 Å². The molecular weight excluding hydrogens is 291 g/mol. The summed E-state index contributed by atoms with van der Waals surface area (Å²) in [6, 6.07) is 0.139. The molecule has 1 aliphatic rings. The zero-order valence-corrected chi connectivity index (χ0v) is 10.9. The van der Waals surface area contributed by atoms with Crippen LogP contribution in [0, 0.1) is 5.41 Å². The lowest BCUT2D eigenvalue weighted by Crippen LogP contribution is -2.36. The first-order chi connectivity index (χ1) is 9.63. The number of hydrogen-bond acceptors (Lipinski definition) is 4. The second kappa shape index (κ2) is 4.97. The van der Waals surface area contributed by atoms with Crippen LogP contribution in [-0.4, -0.2) is 33.0 Å². The smallest absolute Gasteiger partial charge is 0.433 e. The van der Waals surface area contributed by atoms with E-state index in [1.807, 2.05) is 0 Å². The molecule has 2 rings (SSSR count). The van der Waals surface area contributed by atoms with Crippen LogP contribution in [0.1, 0.15) is 24.9 Å². The maximum Gasteiger partial charge on any atom is 0.433 e. The van der Waals surface area contributed by atoms with Gasteiger partial charge in [0.05, 0.1) is 0 Å². The quantitative estimate of drug-likeness (QED) is 0.813. The Balaban J connectivity index is 2.14. The van der Waals surface area contributed by atoms with E-state index in [2.05, 4.69) is 15.3 Å². The largest absolute Gasteiger partial charge is 0.480 e. The van der Waals surface area contributed by atoms with Gasteiger partial charge in [0.15, 0.2) is 0 Å². The average molecular weight is 303 g/mol. The Bertz CT molecular complexity index is 591. The van der Waals surface area contributed by atoms with Gasteiger partial charge in [-0.2, -0.15) is 13.2 Å². The van der Waals surface area contributed by atoms with Gasteiger partial charge in [-0.25, -0.2) is 9.97 Å². The number of carbonyl (C=O) groups excluding carboxylic acids is 1. The van der Waals surface area contributed by atoms with Crippen LogP contribution in [0.4, 0.5) is 13.2 Å². The number of halogens is 3. The molecule has 1 saturated heterocycles. The van der Waals surface area contributed by atoms with Gasteiger partial charge in [0.25, 0.3) is 0 Å². The van der Waals surface area contributed by atoms with E-state index in [1.165, 1.54) is 6.92 Å². The summed E-state index contributed by atoms with van der Waals surface area (Å²) in [4.78, 5) is 29.8. The molecule has 9 heteroatoms. The maximum absolute atomic E-state index is 12.5. The molecule has 1 fully saturated rings. The number of carboxylic acids is 1. The van der Waals surface area contributed by atoms with Crippen LogP contribution in [0.3, 0.4) is 0 Å². The van der Waals surface area contributed by atoms with E-state index in [4.69, 9.17) is 5.11 Å². The number of carbonyl (C=O) groups is 2. The van der Waals surface area contributed by atoms with Crippen LogP contribution in [0.25, 0.3) is 0 Å². The normalized spacial score (nSPS) is 25.7. The zero-order valence-electron chi connectivity index (χ0n) is 10.9. The van der Waals surface area contributed by atoms with Gasteiger partial charge in [-0.15, -0.1) is 0 Å². The maximum atomic E-state index is 12.5. The van der Waals surface area contributed by atoms with Crippen LogP contribution >= 0.6 is 0 Å². The van der Waals surface area contributed by atoms with Crippen molar-refractivity contribution in [2.24, 2.45) is 5.41 Å². The highest BCUT2D eigenvalue weighted by molar-refractivity contribution is 6.03. The fourth-order valence-electron chi connectivity index (χ4n) is 2.16. The molecule has 0 aromatic carbocycles. The second-order valence-corrected chi connectivity index (χ2v) is 5.07. The summed E-state index contributed by atoms with van der Waals surface area (Å²) in [7, 11) is 0. The van der Waals surface area contributed by atoms with Crippen LogP contribution in [0.2, 0.25) is 0 Å². The lowest BCUT2D eigenvalue weighted by molar-refractivity contribution is -0.152. The molecule has 0 aliphatic carbocycles. The Kier molecular flexibility index (Phi) is 3.60. The van der Waals surface area contributed by atoms with E-state index in [-0.39, 0.29) is 18.7 Å². The van der Waals surface area contributed by atoms with Crippen molar-refractivity contribution in [1.82, 2.24) is 15.3 Å². The molecule has 0 spiro atoms. The predicted octanol–water partition coefficient (Wildman–Crippen LogP) is 1.02. The van der Waals surface area contributed by atoms with Gasteiger partial charge < -0.3 is 10.4 Å². The standard InChI is InChI=1S/C12H12F3N3O3/c1-11(10(20)21)5-6(17-9(11)19)4-8-16-3-2-7(18-8)12(13,14)15/h2-3,6H,4-5H2,1H3,(H,17,19)(H,20,21). The van der Waals surface area contributed by atoms with Crippen molar-refractivity contribution in [2.75, 3.05) is 0 Å². The van der Waals surface area contributed by atoms with Gasteiger partial charge in [0, 0.05) is 18.7 Å². The zero-order chi connectivity index (χ0) is 15.8. The molecule has 2 atom stereocenters. The first kappa shape index (κ1) is 15.2. The highest BCUT2D eigenvalue weighted by atomic mass is 19.4. The Morgan fingerprint density at radius 2 is 2.24 bits per heavy atom. The van der Waals surface area contributed by atoms with Gasteiger partial charge in [-0.1, -0.05) is 0 Å².